The molecule has 1 aliphatic heterocycles. The lowest BCUT2D eigenvalue weighted by atomic mass is 10.1. The largest absolute Gasteiger partial charge is 0.378 e. The van der Waals surface area contributed by atoms with Crippen molar-refractivity contribution in [3.63, 3.8) is 0 Å². The van der Waals surface area contributed by atoms with Gasteiger partial charge in [0, 0.05) is 38.0 Å². The predicted molar refractivity (Wildman–Crippen MR) is 116 cm³/mol. The van der Waals surface area contributed by atoms with Crippen molar-refractivity contribution in [2.75, 3.05) is 38.6 Å². The van der Waals surface area contributed by atoms with Crippen LogP contribution in [0.1, 0.15) is 25.3 Å². The molecule has 2 N–H and O–H groups in total. The van der Waals surface area contributed by atoms with E-state index in [1.165, 1.54) is 0 Å². The summed E-state index contributed by atoms with van der Waals surface area (Å²) in [5.74, 6) is 3.15. The SMILES string of the molecule is C#Cc1cccc(NC(=O)CNC(=NC)N2CCC(OCC)CC2)c1.I. The van der Waals surface area contributed by atoms with Crippen molar-refractivity contribution in [3.05, 3.63) is 29.8 Å². The molecule has 26 heavy (non-hydrogen) atoms. The molecule has 7 heteroatoms. The molecular formula is C19H27IN4O2. The molecule has 1 heterocycles. The minimum absolute atomic E-state index is 0. The van der Waals surface area contributed by atoms with E-state index in [-0.39, 0.29) is 36.4 Å². The number of amides is 1. The Labute approximate surface area is 172 Å². The summed E-state index contributed by atoms with van der Waals surface area (Å²) >= 11 is 0. The Bertz CT molecular complexity index is 649. The van der Waals surface area contributed by atoms with E-state index in [1.54, 1.807) is 13.1 Å². The van der Waals surface area contributed by atoms with Gasteiger partial charge in [-0.05, 0) is 38.0 Å². The summed E-state index contributed by atoms with van der Waals surface area (Å²) in [5, 5.41) is 5.95. The fourth-order valence-corrected chi connectivity index (χ4v) is 2.85. The molecule has 0 atom stereocenters. The van der Waals surface area contributed by atoms with Crippen LogP contribution in [0.15, 0.2) is 29.3 Å². The first kappa shape index (κ1) is 22.3. The molecule has 0 spiro atoms. The first-order valence-electron chi connectivity index (χ1n) is 8.60. The number of nitrogens with zero attached hydrogens (tertiary/aromatic N) is 2. The third kappa shape index (κ3) is 6.84. The van der Waals surface area contributed by atoms with Crippen molar-refractivity contribution in [2.24, 2.45) is 4.99 Å². The maximum Gasteiger partial charge on any atom is 0.243 e. The molecule has 2 rings (SSSR count). The quantitative estimate of drug-likeness (QED) is 0.300. The van der Waals surface area contributed by atoms with Crippen LogP contribution in [0.25, 0.3) is 0 Å². The van der Waals surface area contributed by atoms with Gasteiger partial charge in [0.05, 0.1) is 12.6 Å². The number of anilines is 1. The summed E-state index contributed by atoms with van der Waals surface area (Å²) in [7, 11) is 1.73. The first-order valence-corrected chi connectivity index (χ1v) is 8.60. The zero-order valence-corrected chi connectivity index (χ0v) is 17.7. The zero-order chi connectivity index (χ0) is 18.1. The Morgan fingerprint density at radius 1 is 1.42 bits per heavy atom. The number of ether oxygens (including phenoxy) is 1. The number of hydrogen-bond donors (Lipinski definition) is 2. The van der Waals surface area contributed by atoms with Crippen LogP contribution in [0, 0.1) is 12.3 Å². The van der Waals surface area contributed by atoms with Crippen LogP contribution in [0.3, 0.4) is 0 Å². The molecule has 0 unspecified atom stereocenters. The lowest BCUT2D eigenvalue weighted by molar-refractivity contribution is -0.115. The number of guanidine groups is 1. The summed E-state index contributed by atoms with van der Waals surface area (Å²) in [6.45, 7) is 4.66. The molecule has 0 radical (unpaired) electrons. The summed E-state index contributed by atoms with van der Waals surface area (Å²) in [6.07, 6.45) is 7.64. The first-order chi connectivity index (χ1) is 12.2. The lowest BCUT2D eigenvalue weighted by Crippen LogP contribution is -2.48. The van der Waals surface area contributed by atoms with Crippen molar-refractivity contribution in [1.82, 2.24) is 10.2 Å². The summed E-state index contributed by atoms with van der Waals surface area (Å²) in [5.41, 5.74) is 1.42. The van der Waals surface area contributed by atoms with Crippen molar-refractivity contribution in [3.8, 4) is 12.3 Å². The highest BCUT2D eigenvalue weighted by atomic mass is 127. The average Bonchev–Trinajstić information content (AvgIpc) is 2.64. The predicted octanol–water partition coefficient (Wildman–Crippen LogP) is 2.30. The van der Waals surface area contributed by atoms with Gasteiger partial charge in [-0.25, -0.2) is 0 Å². The van der Waals surface area contributed by atoms with E-state index in [1.807, 2.05) is 25.1 Å². The van der Waals surface area contributed by atoms with Crippen LogP contribution in [0.2, 0.25) is 0 Å². The lowest BCUT2D eigenvalue weighted by Gasteiger charge is -2.33. The number of halogens is 1. The third-order valence-electron chi connectivity index (χ3n) is 4.08. The molecule has 1 fully saturated rings. The van der Waals surface area contributed by atoms with Gasteiger partial charge >= 0.3 is 0 Å². The van der Waals surface area contributed by atoms with E-state index < -0.39 is 0 Å². The Morgan fingerprint density at radius 3 is 2.77 bits per heavy atom. The number of piperidine rings is 1. The number of nitrogens with one attached hydrogen (secondary N) is 2. The summed E-state index contributed by atoms with van der Waals surface area (Å²) < 4.78 is 5.66. The molecule has 1 aliphatic rings. The topological polar surface area (TPSA) is 66.0 Å². The van der Waals surface area contributed by atoms with Crippen LogP contribution in [0.5, 0.6) is 0 Å². The third-order valence-corrected chi connectivity index (χ3v) is 4.08. The number of terminal acetylenes is 1. The molecule has 1 aromatic carbocycles. The van der Waals surface area contributed by atoms with Crippen LogP contribution >= 0.6 is 24.0 Å². The summed E-state index contributed by atoms with van der Waals surface area (Å²) in [4.78, 5) is 18.6. The molecule has 1 saturated heterocycles. The zero-order valence-electron chi connectivity index (χ0n) is 15.3. The van der Waals surface area contributed by atoms with Gasteiger partial charge in [-0.15, -0.1) is 30.4 Å². The second kappa shape index (κ2) is 11.8. The Morgan fingerprint density at radius 2 is 2.15 bits per heavy atom. The van der Waals surface area contributed by atoms with E-state index in [0.29, 0.717) is 11.8 Å². The Balaban J connectivity index is 0.00000338. The van der Waals surface area contributed by atoms with Crippen LogP contribution in [0.4, 0.5) is 5.69 Å². The normalized spacial score (nSPS) is 15.0. The van der Waals surface area contributed by atoms with Gasteiger partial charge in [-0.2, -0.15) is 0 Å². The van der Waals surface area contributed by atoms with Crippen LogP contribution in [-0.2, 0) is 9.53 Å². The standard InChI is InChI=1S/C19H26N4O2.HI/c1-4-15-7-6-8-16(13-15)22-18(24)14-21-19(20-3)23-11-9-17(10-12-23)25-5-2;/h1,6-8,13,17H,5,9-12,14H2,2-3H3,(H,20,21)(H,22,24);1H. The van der Waals surface area contributed by atoms with Gasteiger partial charge in [0.15, 0.2) is 5.96 Å². The minimum Gasteiger partial charge on any atom is -0.378 e. The van der Waals surface area contributed by atoms with Crippen molar-refractivity contribution in [1.29, 1.82) is 0 Å². The molecule has 6 nitrogen and oxygen atoms in total. The number of carbonyl (C=O) groups is 1. The van der Waals surface area contributed by atoms with E-state index in [9.17, 15) is 4.79 Å². The maximum atomic E-state index is 12.1. The highest BCUT2D eigenvalue weighted by Gasteiger charge is 2.21. The van der Waals surface area contributed by atoms with E-state index >= 15 is 0 Å². The smallest absolute Gasteiger partial charge is 0.243 e. The van der Waals surface area contributed by atoms with Crippen LogP contribution < -0.4 is 10.6 Å². The Hall–Kier alpha value is -1.79. The molecular weight excluding hydrogens is 443 g/mol. The van der Waals surface area contributed by atoms with E-state index in [4.69, 9.17) is 11.2 Å². The second-order valence-electron chi connectivity index (χ2n) is 5.82. The van der Waals surface area contributed by atoms with Gasteiger partial charge in [-0.3, -0.25) is 9.79 Å². The number of hydrogen-bond acceptors (Lipinski definition) is 3. The fourth-order valence-electron chi connectivity index (χ4n) is 2.85. The molecule has 142 valence electrons. The van der Waals surface area contributed by atoms with E-state index in [0.717, 1.165) is 44.1 Å². The van der Waals surface area contributed by atoms with Crippen molar-refractivity contribution >= 4 is 41.5 Å². The van der Waals surface area contributed by atoms with Gasteiger partial charge in [0.25, 0.3) is 0 Å². The van der Waals surface area contributed by atoms with Crippen molar-refractivity contribution < 1.29 is 9.53 Å². The maximum absolute atomic E-state index is 12.1. The molecule has 0 aliphatic carbocycles. The molecule has 0 bridgehead atoms. The minimum atomic E-state index is -0.139. The molecule has 1 aromatic rings. The van der Waals surface area contributed by atoms with Gasteiger partial charge in [-0.1, -0.05) is 12.0 Å². The van der Waals surface area contributed by atoms with Crippen LogP contribution in [-0.4, -0.2) is 56.2 Å². The van der Waals surface area contributed by atoms with Gasteiger partial charge in [0.2, 0.25) is 5.91 Å². The average molecular weight is 470 g/mol. The Kier molecular flexibility index (Phi) is 10.1. The van der Waals surface area contributed by atoms with Crippen molar-refractivity contribution in [2.45, 2.75) is 25.9 Å². The highest BCUT2D eigenvalue weighted by molar-refractivity contribution is 14.0. The second-order valence-corrected chi connectivity index (χ2v) is 5.82. The van der Waals surface area contributed by atoms with Gasteiger partial charge in [0.1, 0.15) is 0 Å². The summed E-state index contributed by atoms with van der Waals surface area (Å²) in [6, 6.07) is 7.22. The van der Waals surface area contributed by atoms with E-state index in [2.05, 4.69) is 26.4 Å². The van der Waals surface area contributed by atoms with Gasteiger partial charge < -0.3 is 20.3 Å². The number of aliphatic imine (C=N–C) groups is 1. The molecule has 0 aromatic heterocycles. The number of benzene rings is 1. The number of rotatable bonds is 5. The highest BCUT2D eigenvalue weighted by Crippen LogP contribution is 2.13. The molecule has 1 amide bonds. The number of carbonyl (C=O) groups excluding carboxylic acids is 1. The number of likely N-dealkylation sites (tertiary alicyclic amines) is 1. The fraction of sp³-hybridized carbons (Fsp3) is 0.474. The molecule has 0 saturated carbocycles. The monoisotopic (exact) mass is 470 g/mol.